The molecule has 0 fully saturated rings. The normalized spacial score (nSPS) is 11.8. The number of carbonyl (C=O) groups is 2. The second-order valence-electron chi connectivity index (χ2n) is 5.80. The number of benzene rings is 2. The van der Waals surface area contributed by atoms with E-state index in [1.54, 1.807) is 24.3 Å². The highest BCUT2D eigenvalue weighted by molar-refractivity contribution is 5.88. The van der Waals surface area contributed by atoms with Gasteiger partial charge in [-0.25, -0.2) is 0 Å². The second kappa shape index (κ2) is 8.15. The lowest BCUT2D eigenvalue weighted by Crippen LogP contribution is -2.38. The number of hydrogen-bond acceptors (Lipinski definition) is 3. The van der Waals surface area contributed by atoms with Gasteiger partial charge in [0.15, 0.2) is 0 Å². The molecule has 24 heavy (non-hydrogen) atoms. The zero-order chi connectivity index (χ0) is 17.5. The van der Waals surface area contributed by atoms with Crippen molar-refractivity contribution in [3.05, 3.63) is 65.7 Å². The number of carbonyl (C=O) groups excluding carboxylic acids is 2. The third-order valence-electron chi connectivity index (χ3n) is 3.36. The monoisotopic (exact) mass is 326 g/mol. The molecule has 0 saturated heterocycles. The summed E-state index contributed by atoms with van der Waals surface area (Å²) in [5.41, 5.74) is 6.89. The first-order valence-corrected chi connectivity index (χ1v) is 7.85. The van der Waals surface area contributed by atoms with Crippen molar-refractivity contribution in [1.29, 1.82) is 0 Å². The van der Waals surface area contributed by atoms with E-state index in [0.717, 1.165) is 5.56 Å². The Labute approximate surface area is 141 Å². The van der Waals surface area contributed by atoms with E-state index in [2.05, 4.69) is 5.32 Å². The van der Waals surface area contributed by atoms with E-state index in [1.807, 2.05) is 44.2 Å². The number of primary amides is 1. The number of hydrogen-bond donors (Lipinski definition) is 2. The quantitative estimate of drug-likeness (QED) is 0.819. The van der Waals surface area contributed by atoms with Crippen molar-refractivity contribution in [2.75, 3.05) is 0 Å². The van der Waals surface area contributed by atoms with Crippen LogP contribution in [0.15, 0.2) is 54.6 Å². The van der Waals surface area contributed by atoms with Crippen LogP contribution in [-0.2, 0) is 16.0 Å². The van der Waals surface area contributed by atoms with Gasteiger partial charge in [-0.05, 0) is 37.1 Å². The van der Waals surface area contributed by atoms with E-state index in [-0.39, 0.29) is 18.4 Å². The van der Waals surface area contributed by atoms with E-state index < -0.39 is 11.9 Å². The molecule has 5 nitrogen and oxygen atoms in total. The summed E-state index contributed by atoms with van der Waals surface area (Å²) < 4.78 is 5.62. The molecular formula is C19H22N2O3. The van der Waals surface area contributed by atoms with Crippen LogP contribution >= 0.6 is 0 Å². The van der Waals surface area contributed by atoms with Gasteiger partial charge >= 0.3 is 0 Å². The van der Waals surface area contributed by atoms with Crippen LogP contribution in [0, 0.1) is 0 Å². The SMILES string of the molecule is CC(C)Oc1cccc(CC(=O)N[C@H](C(N)=O)c2ccccc2)c1. The summed E-state index contributed by atoms with van der Waals surface area (Å²) in [5, 5.41) is 2.69. The van der Waals surface area contributed by atoms with Gasteiger partial charge in [0.2, 0.25) is 11.8 Å². The summed E-state index contributed by atoms with van der Waals surface area (Å²) >= 11 is 0. The molecule has 0 spiro atoms. The highest BCUT2D eigenvalue weighted by Crippen LogP contribution is 2.16. The Hall–Kier alpha value is -2.82. The van der Waals surface area contributed by atoms with Gasteiger partial charge in [-0.15, -0.1) is 0 Å². The maximum absolute atomic E-state index is 12.3. The third kappa shape index (κ3) is 5.12. The topological polar surface area (TPSA) is 81.4 Å². The smallest absolute Gasteiger partial charge is 0.244 e. The minimum absolute atomic E-state index is 0.0615. The first-order chi connectivity index (χ1) is 11.5. The lowest BCUT2D eigenvalue weighted by atomic mass is 10.1. The first kappa shape index (κ1) is 17.5. The van der Waals surface area contributed by atoms with Gasteiger partial charge < -0.3 is 15.8 Å². The molecule has 0 saturated carbocycles. The second-order valence-corrected chi connectivity index (χ2v) is 5.80. The Morgan fingerprint density at radius 3 is 2.42 bits per heavy atom. The third-order valence-corrected chi connectivity index (χ3v) is 3.36. The van der Waals surface area contributed by atoms with Crippen molar-refractivity contribution in [2.24, 2.45) is 5.73 Å². The molecule has 0 aliphatic heterocycles. The van der Waals surface area contributed by atoms with E-state index >= 15 is 0 Å². The van der Waals surface area contributed by atoms with Crippen molar-refractivity contribution in [3.8, 4) is 5.75 Å². The van der Waals surface area contributed by atoms with Crippen molar-refractivity contribution >= 4 is 11.8 Å². The molecule has 2 aromatic rings. The average molecular weight is 326 g/mol. The molecule has 2 rings (SSSR count). The Balaban J connectivity index is 2.05. The van der Waals surface area contributed by atoms with E-state index in [1.165, 1.54) is 0 Å². The molecule has 0 heterocycles. The van der Waals surface area contributed by atoms with Gasteiger partial charge in [-0.3, -0.25) is 9.59 Å². The van der Waals surface area contributed by atoms with Crippen LogP contribution in [0.5, 0.6) is 5.75 Å². The number of rotatable bonds is 7. The first-order valence-electron chi connectivity index (χ1n) is 7.85. The Bertz CT molecular complexity index is 699. The maximum Gasteiger partial charge on any atom is 0.244 e. The minimum atomic E-state index is -0.839. The van der Waals surface area contributed by atoms with Crippen molar-refractivity contribution in [2.45, 2.75) is 32.4 Å². The van der Waals surface area contributed by atoms with Crippen LogP contribution in [0.2, 0.25) is 0 Å². The zero-order valence-electron chi connectivity index (χ0n) is 13.9. The minimum Gasteiger partial charge on any atom is -0.491 e. The van der Waals surface area contributed by atoms with Crippen molar-refractivity contribution in [3.63, 3.8) is 0 Å². The molecular weight excluding hydrogens is 304 g/mol. The van der Waals surface area contributed by atoms with Crippen molar-refractivity contribution in [1.82, 2.24) is 5.32 Å². The summed E-state index contributed by atoms with van der Waals surface area (Å²) in [5.74, 6) is -0.152. The molecule has 0 radical (unpaired) electrons. The van der Waals surface area contributed by atoms with Gasteiger partial charge in [0, 0.05) is 0 Å². The fourth-order valence-electron chi connectivity index (χ4n) is 2.36. The average Bonchev–Trinajstić information content (AvgIpc) is 2.53. The van der Waals surface area contributed by atoms with Crippen LogP contribution in [-0.4, -0.2) is 17.9 Å². The fraction of sp³-hybridized carbons (Fsp3) is 0.263. The molecule has 0 aliphatic rings. The summed E-state index contributed by atoms with van der Waals surface area (Å²) in [6.07, 6.45) is 0.206. The number of ether oxygens (including phenoxy) is 1. The summed E-state index contributed by atoms with van der Waals surface area (Å²) in [7, 11) is 0. The largest absolute Gasteiger partial charge is 0.491 e. The number of nitrogens with two attached hydrogens (primary N) is 1. The summed E-state index contributed by atoms with van der Waals surface area (Å²) in [6.45, 7) is 3.88. The summed E-state index contributed by atoms with van der Waals surface area (Å²) in [6, 6.07) is 15.4. The maximum atomic E-state index is 12.3. The zero-order valence-corrected chi connectivity index (χ0v) is 13.9. The van der Waals surface area contributed by atoms with Gasteiger partial charge in [-0.1, -0.05) is 42.5 Å². The van der Waals surface area contributed by atoms with Crippen molar-refractivity contribution < 1.29 is 14.3 Å². The van der Waals surface area contributed by atoms with Crippen LogP contribution in [0.1, 0.15) is 31.0 Å². The highest BCUT2D eigenvalue weighted by atomic mass is 16.5. The predicted octanol–water partition coefficient (Wildman–Crippen LogP) is 2.36. The number of amides is 2. The van der Waals surface area contributed by atoms with E-state index in [0.29, 0.717) is 11.3 Å². The Morgan fingerprint density at radius 1 is 1.08 bits per heavy atom. The van der Waals surface area contributed by atoms with E-state index in [9.17, 15) is 9.59 Å². The predicted molar refractivity (Wildman–Crippen MR) is 92.4 cm³/mol. The standard InChI is InChI=1S/C19H22N2O3/c1-13(2)24-16-10-6-7-14(11-16)12-17(22)21-18(19(20)23)15-8-4-3-5-9-15/h3-11,13,18H,12H2,1-2H3,(H2,20,23)(H,21,22)/t18-/m0/s1. The van der Waals surface area contributed by atoms with Gasteiger partial charge in [-0.2, -0.15) is 0 Å². The van der Waals surface area contributed by atoms with Gasteiger partial charge in [0.25, 0.3) is 0 Å². The van der Waals surface area contributed by atoms with Crippen LogP contribution < -0.4 is 15.8 Å². The molecule has 0 unspecified atom stereocenters. The molecule has 0 aliphatic carbocycles. The molecule has 126 valence electrons. The Kier molecular flexibility index (Phi) is 5.95. The van der Waals surface area contributed by atoms with Crippen LogP contribution in [0.4, 0.5) is 0 Å². The molecule has 1 atom stereocenters. The molecule has 0 aromatic heterocycles. The number of nitrogens with one attached hydrogen (secondary N) is 1. The lowest BCUT2D eigenvalue weighted by Gasteiger charge is -2.16. The summed E-state index contributed by atoms with van der Waals surface area (Å²) in [4.78, 5) is 23.9. The molecule has 2 amide bonds. The molecule has 5 heteroatoms. The van der Waals surface area contributed by atoms with E-state index in [4.69, 9.17) is 10.5 Å². The van der Waals surface area contributed by atoms with Crippen LogP contribution in [0.3, 0.4) is 0 Å². The highest BCUT2D eigenvalue weighted by Gasteiger charge is 2.20. The van der Waals surface area contributed by atoms with Crippen LogP contribution in [0.25, 0.3) is 0 Å². The molecule has 3 N–H and O–H groups in total. The van der Waals surface area contributed by atoms with Gasteiger partial charge in [0.1, 0.15) is 11.8 Å². The fourth-order valence-corrected chi connectivity index (χ4v) is 2.36. The lowest BCUT2D eigenvalue weighted by molar-refractivity contribution is -0.127. The molecule has 2 aromatic carbocycles. The Morgan fingerprint density at radius 2 is 1.79 bits per heavy atom. The van der Waals surface area contributed by atoms with Gasteiger partial charge in [0.05, 0.1) is 12.5 Å². The molecule has 0 bridgehead atoms.